The molecule has 126 valence electrons. The van der Waals surface area contributed by atoms with E-state index in [0.717, 1.165) is 17.1 Å². The van der Waals surface area contributed by atoms with Crippen LogP contribution in [0.1, 0.15) is 6.42 Å². The van der Waals surface area contributed by atoms with Gasteiger partial charge in [-0.1, -0.05) is 0 Å². The van der Waals surface area contributed by atoms with E-state index in [1.807, 2.05) is 0 Å². The van der Waals surface area contributed by atoms with Gasteiger partial charge in [0, 0.05) is 6.42 Å². The van der Waals surface area contributed by atoms with Gasteiger partial charge in [0.2, 0.25) is 5.72 Å². The van der Waals surface area contributed by atoms with Crippen molar-refractivity contribution in [2.75, 3.05) is 0 Å². The maximum Gasteiger partial charge on any atom is 0.307 e. The first-order chi connectivity index (χ1) is 10.6. The number of rotatable bonds is 5. The summed E-state index contributed by atoms with van der Waals surface area (Å²) >= 11 is 0. The number of carbonyl (C=O) groups excluding carboxylic acids is 1. The molecule has 1 aromatic rings. The van der Waals surface area contributed by atoms with Crippen molar-refractivity contribution in [3.63, 3.8) is 0 Å². The van der Waals surface area contributed by atoms with Gasteiger partial charge in [0.25, 0.3) is 18.8 Å². The largest absolute Gasteiger partial charge is 0.364 e. The van der Waals surface area contributed by atoms with Gasteiger partial charge < -0.3 is 5.11 Å². The molecule has 1 amide bonds. The third kappa shape index (κ3) is 3.13. The van der Waals surface area contributed by atoms with E-state index >= 15 is 0 Å². The molecule has 2 heterocycles. The zero-order valence-electron chi connectivity index (χ0n) is 11.1. The Kier molecular flexibility index (Phi) is 4.31. The molecule has 1 N–H and O–H groups in total. The van der Waals surface area contributed by atoms with Crippen LogP contribution in [-0.2, 0) is 11.3 Å². The number of aliphatic hydroxyl groups is 1. The first kappa shape index (κ1) is 16.8. The number of nitrogens with zero attached hydrogens (tertiary/aromatic N) is 5. The van der Waals surface area contributed by atoms with Gasteiger partial charge in [0.05, 0.1) is 4.92 Å². The van der Waals surface area contributed by atoms with Gasteiger partial charge in [0.15, 0.2) is 0 Å². The highest BCUT2D eigenvalue weighted by Gasteiger charge is 2.53. The molecule has 0 radical (unpaired) electrons. The molecule has 0 aliphatic carbocycles. The second-order valence-corrected chi connectivity index (χ2v) is 4.61. The van der Waals surface area contributed by atoms with Gasteiger partial charge in [-0.15, -0.1) is 0 Å². The van der Waals surface area contributed by atoms with Crippen LogP contribution in [0.15, 0.2) is 17.5 Å². The van der Waals surface area contributed by atoms with Crippen LogP contribution < -0.4 is 0 Å². The molecule has 1 aliphatic heterocycles. The number of aromatic nitrogens is 2. The molecular weight excluding hydrogens is 330 g/mol. The van der Waals surface area contributed by atoms with E-state index in [1.54, 1.807) is 0 Å². The molecule has 0 saturated carbocycles. The summed E-state index contributed by atoms with van der Waals surface area (Å²) in [7, 11) is 0. The Balaban J connectivity index is 2.22. The molecule has 13 heteroatoms. The Morgan fingerprint density at radius 2 is 2.13 bits per heavy atom. The van der Waals surface area contributed by atoms with Gasteiger partial charge in [-0.2, -0.15) is 15.2 Å². The number of nitro groups is 1. The molecule has 2 rings (SSSR count). The van der Waals surface area contributed by atoms with Crippen molar-refractivity contribution < 1.29 is 32.4 Å². The van der Waals surface area contributed by atoms with Crippen LogP contribution in [0.2, 0.25) is 0 Å². The minimum Gasteiger partial charge on any atom is -0.364 e. The minimum atomic E-state index is -3.54. The summed E-state index contributed by atoms with van der Waals surface area (Å²) in [6, 6.07) is 0. The molecule has 0 spiro atoms. The van der Waals surface area contributed by atoms with E-state index in [0.29, 0.717) is 0 Å². The Hall–Kier alpha value is -2.57. The number of amides is 1. The summed E-state index contributed by atoms with van der Waals surface area (Å²) in [6.07, 6.45) is -6.31. The molecule has 1 atom stereocenters. The Morgan fingerprint density at radius 3 is 2.61 bits per heavy atom. The second kappa shape index (κ2) is 5.91. The topological polar surface area (TPSA) is 114 Å². The fourth-order valence-corrected chi connectivity index (χ4v) is 1.89. The molecule has 0 aromatic carbocycles. The fraction of sp³-hybridized carbons (Fsp3) is 0.500. The summed E-state index contributed by atoms with van der Waals surface area (Å²) in [6.45, 7) is -0.803. The van der Waals surface area contributed by atoms with Crippen molar-refractivity contribution in [3.05, 3.63) is 22.5 Å². The van der Waals surface area contributed by atoms with Crippen molar-refractivity contribution in [1.29, 1.82) is 0 Å². The Bertz CT molecular complexity index is 663. The zero-order valence-corrected chi connectivity index (χ0v) is 11.1. The van der Waals surface area contributed by atoms with Crippen molar-refractivity contribution >= 4 is 17.3 Å². The Labute approximate surface area is 124 Å². The maximum atomic E-state index is 12.9. The first-order valence-electron chi connectivity index (χ1n) is 6.01. The van der Waals surface area contributed by atoms with Crippen molar-refractivity contribution in [3.8, 4) is 0 Å². The number of hydrogen-bond acceptors (Lipinski definition) is 6. The van der Waals surface area contributed by atoms with Crippen LogP contribution in [0.5, 0.6) is 0 Å². The average Bonchev–Trinajstić information content (AvgIpc) is 3.04. The monoisotopic (exact) mass is 339 g/mol. The highest BCUT2D eigenvalue weighted by Crippen LogP contribution is 2.33. The third-order valence-corrected chi connectivity index (χ3v) is 3.00. The molecule has 0 fully saturated rings. The number of hydrazone groups is 1. The SMILES string of the molecule is O=C(Cn1cc([N+](=O)[O-])cn1)N1N=C(C(F)F)C[C@@]1(O)C(F)F. The van der Waals surface area contributed by atoms with Crippen LogP contribution in [0, 0.1) is 10.1 Å². The number of carbonyl (C=O) groups is 1. The summed E-state index contributed by atoms with van der Waals surface area (Å²) in [5, 5.41) is 26.6. The maximum absolute atomic E-state index is 12.9. The first-order valence-corrected chi connectivity index (χ1v) is 6.01. The van der Waals surface area contributed by atoms with E-state index in [9.17, 15) is 37.6 Å². The van der Waals surface area contributed by atoms with Crippen LogP contribution in [0.25, 0.3) is 0 Å². The number of hydrogen-bond donors (Lipinski definition) is 1. The quantitative estimate of drug-likeness (QED) is 0.479. The lowest BCUT2D eigenvalue weighted by Crippen LogP contribution is -2.52. The third-order valence-electron chi connectivity index (χ3n) is 3.00. The van der Waals surface area contributed by atoms with Gasteiger partial charge in [0.1, 0.15) is 24.7 Å². The summed E-state index contributed by atoms with van der Waals surface area (Å²) in [5.41, 5.74) is -4.71. The summed E-state index contributed by atoms with van der Waals surface area (Å²) in [5.74, 6) is -1.28. The van der Waals surface area contributed by atoms with Crippen molar-refractivity contribution in [2.24, 2.45) is 5.10 Å². The lowest BCUT2D eigenvalue weighted by molar-refractivity contribution is -0.385. The summed E-state index contributed by atoms with van der Waals surface area (Å²) in [4.78, 5) is 21.6. The smallest absolute Gasteiger partial charge is 0.307 e. The van der Waals surface area contributed by atoms with Gasteiger partial charge in [-0.3, -0.25) is 19.6 Å². The van der Waals surface area contributed by atoms with Gasteiger partial charge in [-0.25, -0.2) is 17.6 Å². The average molecular weight is 339 g/mol. The highest BCUT2D eigenvalue weighted by atomic mass is 19.3. The molecule has 1 aromatic heterocycles. The van der Waals surface area contributed by atoms with Crippen molar-refractivity contribution in [1.82, 2.24) is 14.8 Å². The van der Waals surface area contributed by atoms with Crippen LogP contribution in [0.3, 0.4) is 0 Å². The summed E-state index contributed by atoms with van der Waals surface area (Å²) < 4.78 is 51.8. The van der Waals surface area contributed by atoms with E-state index in [2.05, 4.69) is 10.2 Å². The lowest BCUT2D eigenvalue weighted by atomic mass is 10.1. The molecule has 23 heavy (non-hydrogen) atoms. The predicted molar refractivity (Wildman–Crippen MR) is 64.7 cm³/mol. The molecular formula is C10H9F4N5O4. The molecule has 0 bridgehead atoms. The van der Waals surface area contributed by atoms with Crippen LogP contribution in [0.4, 0.5) is 23.2 Å². The zero-order chi connectivity index (χ0) is 17.4. The molecule has 0 unspecified atom stereocenters. The highest BCUT2D eigenvalue weighted by molar-refractivity contribution is 5.92. The van der Waals surface area contributed by atoms with Crippen LogP contribution >= 0.6 is 0 Å². The molecule has 0 saturated heterocycles. The van der Waals surface area contributed by atoms with E-state index in [-0.39, 0.29) is 5.01 Å². The van der Waals surface area contributed by atoms with E-state index in [1.165, 1.54) is 0 Å². The number of alkyl halides is 4. The second-order valence-electron chi connectivity index (χ2n) is 4.61. The lowest BCUT2D eigenvalue weighted by Gasteiger charge is -2.29. The van der Waals surface area contributed by atoms with Crippen molar-refractivity contribution in [2.45, 2.75) is 31.5 Å². The predicted octanol–water partition coefficient (Wildman–Crippen LogP) is 0.598. The fourth-order valence-electron chi connectivity index (χ4n) is 1.89. The standard InChI is InChI=1S/C10H9F4N5O4/c11-8(12)6-1-10(21,9(13)14)18(16-6)7(20)4-17-3-5(2-15-17)19(22)23/h2-3,8-9,21H,1,4H2/t10-/m1/s1. The molecule has 1 aliphatic rings. The van der Waals surface area contributed by atoms with E-state index in [4.69, 9.17) is 0 Å². The van der Waals surface area contributed by atoms with Gasteiger partial charge in [-0.05, 0) is 0 Å². The van der Waals surface area contributed by atoms with E-state index < -0.39 is 53.8 Å². The van der Waals surface area contributed by atoms with Crippen LogP contribution in [-0.4, -0.2) is 55.0 Å². The number of halogens is 4. The Morgan fingerprint density at radius 1 is 1.48 bits per heavy atom. The molecule has 9 nitrogen and oxygen atoms in total. The minimum absolute atomic E-state index is 0.132. The normalized spacial score (nSPS) is 21.2. The van der Waals surface area contributed by atoms with Gasteiger partial charge >= 0.3 is 5.69 Å².